The average Bonchev–Trinajstić information content (AvgIpc) is 3.12. The van der Waals surface area contributed by atoms with Crippen LogP contribution in [0.5, 0.6) is 0 Å². The Morgan fingerprint density at radius 2 is 1.88 bits per heavy atom. The van der Waals surface area contributed by atoms with Gasteiger partial charge in [0.05, 0.1) is 0 Å². The van der Waals surface area contributed by atoms with Crippen LogP contribution in [0.15, 0.2) is 54.6 Å². The molecule has 0 unspecified atom stereocenters. The first-order chi connectivity index (χ1) is 12.8. The second-order valence-corrected chi connectivity index (χ2v) is 6.97. The third kappa shape index (κ3) is 3.83. The number of likely N-dealkylation sites (tertiary alicyclic amines) is 1. The highest BCUT2D eigenvalue weighted by atomic mass is 35.5. The topological polar surface area (TPSA) is 12.5 Å². The molecule has 3 rings (SSSR count). The summed E-state index contributed by atoms with van der Waals surface area (Å²) in [5.41, 5.74) is 1.47. The highest BCUT2D eigenvalue weighted by Gasteiger charge is 2.30. The zero-order valence-corrected chi connectivity index (χ0v) is 14.8. The Kier molecular flexibility index (Phi) is 4.45. The first-order valence-corrected chi connectivity index (χ1v) is 8.91. The van der Waals surface area contributed by atoms with Crippen molar-refractivity contribution in [3.63, 3.8) is 0 Å². The van der Waals surface area contributed by atoms with Crippen molar-refractivity contribution < 1.29 is 8.85 Å². The molecule has 0 amide bonds. The van der Waals surface area contributed by atoms with Gasteiger partial charge in [0.25, 0.3) is 0 Å². The van der Waals surface area contributed by atoms with Gasteiger partial charge in [-0.15, -0.1) is 0 Å². The van der Waals surface area contributed by atoms with Crippen LogP contribution in [0.4, 0.5) is 0 Å². The molecule has 0 radical (unpaired) electrons. The molecule has 0 N–H and O–H groups in total. The maximum Gasteiger partial charge on any atom is 0.115 e. The Balaban J connectivity index is 1.76. The van der Waals surface area contributed by atoms with E-state index in [1.165, 1.54) is 0 Å². The minimum Gasteiger partial charge on any atom is -0.366 e. The Labute approximate surface area is 154 Å². The van der Waals surface area contributed by atoms with Crippen LogP contribution in [0.25, 0.3) is 0 Å². The summed E-state index contributed by atoms with van der Waals surface area (Å²) in [5.74, 6) is 0. The monoisotopic (exact) mass is 346 g/mol. The number of rotatable bonds is 6. The smallest absolute Gasteiger partial charge is 0.115 e. The van der Waals surface area contributed by atoms with E-state index in [2.05, 4.69) is 19.1 Å². The van der Waals surface area contributed by atoms with E-state index in [4.69, 9.17) is 20.5 Å². The van der Waals surface area contributed by atoms with E-state index in [1.54, 1.807) is 4.90 Å². The lowest BCUT2D eigenvalue weighted by atomic mass is 9.88. The lowest BCUT2D eigenvalue weighted by Gasteiger charge is -2.32. The van der Waals surface area contributed by atoms with Crippen molar-refractivity contribution in [2.45, 2.75) is 37.8 Å². The highest BCUT2D eigenvalue weighted by molar-refractivity contribution is 6.30. The molecule has 128 valence electrons. The van der Waals surface area contributed by atoms with Gasteiger partial charge in [0, 0.05) is 21.8 Å². The SMILES string of the molecule is [2H]C([2H])([2H])N1CCC[C@H]1CCO[C@](C)(c1ccccc1)c1ccc(Cl)cc1. The van der Waals surface area contributed by atoms with Crippen LogP contribution in [0, 0.1) is 0 Å². The quantitative estimate of drug-likeness (QED) is 0.721. The van der Waals surface area contributed by atoms with Gasteiger partial charge >= 0.3 is 0 Å². The number of nitrogens with zero attached hydrogens (tertiary/aromatic N) is 1. The van der Waals surface area contributed by atoms with E-state index in [0.717, 1.165) is 24.0 Å². The molecule has 0 aliphatic carbocycles. The molecule has 2 aromatic carbocycles. The molecule has 2 aromatic rings. The summed E-state index contributed by atoms with van der Waals surface area (Å²) in [7, 11) is 0. The maximum absolute atomic E-state index is 7.71. The minimum atomic E-state index is -2.03. The number of hydrogen-bond donors (Lipinski definition) is 0. The average molecular weight is 347 g/mol. The summed E-state index contributed by atoms with van der Waals surface area (Å²) in [4.78, 5) is 1.64. The minimum absolute atomic E-state index is 0.0442. The zero-order chi connectivity index (χ0) is 19.5. The third-order valence-electron chi connectivity index (χ3n) is 4.94. The molecule has 0 saturated carbocycles. The Morgan fingerprint density at radius 3 is 2.58 bits per heavy atom. The van der Waals surface area contributed by atoms with E-state index in [9.17, 15) is 0 Å². The molecular weight excluding hydrogens is 318 g/mol. The lowest BCUT2D eigenvalue weighted by molar-refractivity contribution is -0.0117. The van der Waals surface area contributed by atoms with E-state index >= 15 is 0 Å². The summed E-state index contributed by atoms with van der Waals surface area (Å²) in [6, 6.07) is 17.8. The van der Waals surface area contributed by atoms with Crippen LogP contribution in [0.1, 0.15) is 41.4 Å². The predicted molar refractivity (Wildman–Crippen MR) is 101 cm³/mol. The van der Waals surface area contributed by atoms with Gasteiger partial charge in [-0.2, -0.15) is 0 Å². The molecule has 0 spiro atoms. The maximum atomic E-state index is 7.71. The number of ether oxygens (including phenoxy) is 1. The summed E-state index contributed by atoms with van der Waals surface area (Å²) < 4.78 is 29.5. The molecule has 2 atom stereocenters. The normalized spacial score (nSPS) is 23.2. The fourth-order valence-corrected chi connectivity index (χ4v) is 3.52. The van der Waals surface area contributed by atoms with Crippen molar-refractivity contribution in [1.29, 1.82) is 0 Å². The van der Waals surface area contributed by atoms with Gasteiger partial charge in [-0.3, -0.25) is 0 Å². The second-order valence-electron chi connectivity index (χ2n) is 6.53. The molecule has 1 saturated heterocycles. The van der Waals surface area contributed by atoms with Crippen LogP contribution >= 0.6 is 11.6 Å². The van der Waals surface area contributed by atoms with Crippen LogP contribution in [-0.2, 0) is 10.3 Å². The van der Waals surface area contributed by atoms with Crippen LogP contribution in [0.3, 0.4) is 0 Å². The first-order valence-electron chi connectivity index (χ1n) is 10.0. The standard InChI is InChI=1S/C21H26ClNO/c1-21(17-7-4-3-5-8-17,18-10-12-19(22)13-11-18)24-16-14-20-9-6-15-23(20)2/h3-5,7-8,10-13,20H,6,9,14-16H2,1-2H3/t20-,21+/m0/s1/i2D3. The predicted octanol–water partition coefficient (Wildman–Crippen LogP) is 5.10. The second kappa shape index (κ2) is 7.69. The zero-order valence-electron chi connectivity index (χ0n) is 17.0. The number of hydrogen-bond acceptors (Lipinski definition) is 2. The molecule has 1 fully saturated rings. The van der Waals surface area contributed by atoms with Gasteiger partial charge in [-0.25, -0.2) is 0 Å². The third-order valence-corrected chi connectivity index (χ3v) is 5.19. The van der Waals surface area contributed by atoms with E-state index in [1.807, 2.05) is 42.5 Å². The van der Waals surface area contributed by atoms with Gasteiger partial charge in [-0.1, -0.05) is 54.1 Å². The Bertz CT molecular complexity index is 735. The summed E-state index contributed by atoms with van der Waals surface area (Å²) in [6.45, 7) is 1.15. The van der Waals surface area contributed by atoms with Crippen LogP contribution in [-0.4, -0.2) is 31.1 Å². The van der Waals surface area contributed by atoms with Crippen molar-refractivity contribution in [2.24, 2.45) is 0 Å². The van der Waals surface area contributed by atoms with Crippen molar-refractivity contribution in [3.8, 4) is 0 Å². The molecule has 2 nitrogen and oxygen atoms in total. The summed E-state index contributed by atoms with van der Waals surface area (Å²) >= 11 is 6.06. The van der Waals surface area contributed by atoms with E-state index in [-0.39, 0.29) is 6.04 Å². The van der Waals surface area contributed by atoms with Gasteiger partial charge < -0.3 is 9.64 Å². The van der Waals surface area contributed by atoms with E-state index in [0.29, 0.717) is 24.6 Å². The first kappa shape index (κ1) is 13.9. The van der Waals surface area contributed by atoms with Crippen molar-refractivity contribution in [3.05, 3.63) is 70.7 Å². The van der Waals surface area contributed by atoms with E-state index < -0.39 is 12.6 Å². The molecule has 0 bridgehead atoms. The van der Waals surface area contributed by atoms with Crippen LogP contribution < -0.4 is 0 Å². The number of halogens is 1. The van der Waals surface area contributed by atoms with Gasteiger partial charge in [0.2, 0.25) is 0 Å². The van der Waals surface area contributed by atoms with Crippen molar-refractivity contribution in [2.75, 3.05) is 20.1 Å². The lowest BCUT2D eigenvalue weighted by Crippen LogP contribution is -2.31. The Hall–Kier alpha value is -1.35. The fourth-order valence-electron chi connectivity index (χ4n) is 3.39. The van der Waals surface area contributed by atoms with Crippen LogP contribution in [0.2, 0.25) is 5.02 Å². The van der Waals surface area contributed by atoms with Gasteiger partial charge in [-0.05, 0) is 63.0 Å². The largest absolute Gasteiger partial charge is 0.366 e. The number of benzene rings is 2. The fraction of sp³-hybridized carbons (Fsp3) is 0.429. The summed E-state index contributed by atoms with van der Waals surface area (Å²) in [5, 5.41) is 0.688. The molecule has 1 heterocycles. The highest BCUT2D eigenvalue weighted by Crippen LogP contribution is 2.34. The molecule has 1 aliphatic heterocycles. The molecule has 1 aliphatic rings. The molecular formula is C21H26ClNO. The summed E-state index contributed by atoms with van der Waals surface area (Å²) in [6.07, 6.45) is 2.54. The molecule has 0 aromatic heterocycles. The van der Waals surface area contributed by atoms with Crippen molar-refractivity contribution in [1.82, 2.24) is 4.90 Å². The van der Waals surface area contributed by atoms with Crippen molar-refractivity contribution >= 4 is 11.6 Å². The van der Waals surface area contributed by atoms with Gasteiger partial charge in [0.15, 0.2) is 0 Å². The van der Waals surface area contributed by atoms with Gasteiger partial charge in [0.1, 0.15) is 5.60 Å². The molecule has 24 heavy (non-hydrogen) atoms. The molecule has 3 heteroatoms. The Morgan fingerprint density at radius 1 is 1.17 bits per heavy atom.